The van der Waals surface area contributed by atoms with Crippen molar-refractivity contribution in [1.82, 2.24) is 10.2 Å². The minimum atomic E-state index is 0.741. The van der Waals surface area contributed by atoms with E-state index in [0.717, 1.165) is 22.3 Å². The molecule has 0 amide bonds. The number of para-hydroxylation sites is 1. The van der Waals surface area contributed by atoms with Crippen LogP contribution in [-0.2, 0) is 0 Å². The van der Waals surface area contributed by atoms with Crippen LogP contribution in [0.2, 0.25) is 0 Å². The Morgan fingerprint density at radius 2 is 1.94 bits per heavy atom. The number of aromatic nitrogens is 2. The maximum atomic E-state index is 5.47. The number of benzene rings is 2. The van der Waals surface area contributed by atoms with Crippen LogP contribution in [0.15, 0.2) is 54.7 Å². The number of anilines is 1. The van der Waals surface area contributed by atoms with Gasteiger partial charge < -0.3 is 4.84 Å². The average Bonchev–Trinajstić information content (AvgIpc) is 2.85. The number of H-pyrrole nitrogens is 1. The fourth-order valence-electron chi connectivity index (χ4n) is 1.60. The minimum absolute atomic E-state index is 0.741. The SMILES string of the molecule is c1ccc(NOc2ccc3cn[nH]c3c2)cc1. The summed E-state index contributed by atoms with van der Waals surface area (Å²) in [5, 5.41) is 7.93. The van der Waals surface area contributed by atoms with Crippen molar-refractivity contribution in [2.45, 2.75) is 0 Å². The second-order valence-electron chi connectivity index (χ2n) is 3.69. The molecule has 2 N–H and O–H groups in total. The smallest absolute Gasteiger partial charge is 0.157 e. The molecule has 0 saturated heterocycles. The third kappa shape index (κ3) is 2.06. The summed E-state index contributed by atoms with van der Waals surface area (Å²) in [6.07, 6.45) is 1.78. The van der Waals surface area contributed by atoms with E-state index < -0.39 is 0 Å². The van der Waals surface area contributed by atoms with Crippen LogP contribution in [-0.4, -0.2) is 10.2 Å². The lowest BCUT2D eigenvalue weighted by Gasteiger charge is -2.07. The Labute approximate surface area is 98.2 Å². The zero-order valence-corrected chi connectivity index (χ0v) is 9.05. The normalized spacial score (nSPS) is 10.4. The first-order chi connectivity index (χ1) is 8.42. The number of aromatic amines is 1. The average molecular weight is 225 g/mol. The van der Waals surface area contributed by atoms with Gasteiger partial charge >= 0.3 is 0 Å². The lowest BCUT2D eigenvalue weighted by Crippen LogP contribution is -2.03. The highest BCUT2D eigenvalue weighted by Gasteiger charge is 1.99. The van der Waals surface area contributed by atoms with Crippen LogP contribution in [0.3, 0.4) is 0 Å². The quantitative estimate of drug-likeness (QED) is 0.674. The van der Waals surface area contributed by atoms with E-state index in [-0.39, 0.29) is 0 Å². The Morgan fingerprint density at radius 3 is 2.82 bits per heavy atom. The first-order valence-corrected chi connectivity index (χ1v) is 5.33. The van der Waals surface area contributed by atoms with Gasteiger partial charge in [-0.15, -0.1) is 0 Å². The number of hydrogen-bond donors (Lipinski definition) is 2. The van der Waals surface area contributed by atoms with E-state index in [1.165, 1.54) is 0 Å². The Morgan fingerprint density at radius 1 is 1.06 bits per heavy atom. The largest absolute Gasteiger partial charge is 0.382 e. The first kappa shape index (κ1) is 9.72. The van der Waals surface area contributed by atoms with Crippen LogP contribution in [0, 0.1) is 0 Å². The number of nitrogens with zero attached hydrogens (tertiary/aromatic N) is 1. The molecule has 0 saturated carbocycles. The molecule has 0 bridgehead atoms. The van der Waals surface area contributed by atoms with Crippen LogP contribution in [0.5, 0.6) is 5.75 Å². The summed E-state index contributed by atoms with van der Waals surface area (Å²) in [5.41, 5.74) is 4.75. The molecule has 1 heterocycles. The fraction of sp³-hybridized carbons (Fsp3) is 0. The van der Waals surface area contributed by atoms with Gasteiger partial charge in [-0.2, -0.15) is 5.10 Å². The van der Waals surface area contributed by atoms with Gasteiger partial charge in [0.2, 0.25) is 0 Å². The molecular formula is C13H11N3O. The molecule has 0 aliphatic rings. The van der Waals surface area contributed by atoms with Crippen LogP contribution in [0.4, 0.5) is 5.69 Å². The van der Waals surface area contributed by atoms with Gasteiger partial charge in [-0.1, -0.05) is 18.2 Å². The van der Waals surface area contributed by atoms with Crippen molar-refractivity contribution in [2.24, 2.45) is 0 Å². The highest BCUT2D eigenvalue weighted by molar-refractivity contribution is 5.79. The lowest BCUT2D eigenvalue weighted by molar-refractivity contribution is 0.405. The van der Waals surface area contributed by atoms with Crippen molar-refractivity contribution in [3.8, 4) is 5.75 Å². The highest BCUT2D eigenvalue weighted by Crippen LogP contribution is 2.19. The van der Waals surface area contributed by atoms with Crippen LogP contribution >= 0.6 is 0 Å². The molecule has 17 heavy (non-hydrogen) atoms. The van der Waals surface area contributed by atoms with Gasteiger partial charge in [0.15, 0.2) is 5.75 Å². The predicted molar refractivity (Wildman–Crippen MR) is 66.8 cm³/mol. The van der Waals surface area contributed by atoms with E-state index in [0.29, 0.717) is 0 Å². The molecule has 0 unspecified atom stereocenters. The summed E-state index contributed by atoms with van der Waals surface area (Å²) in [6, 6.07) is 15.5. The molecule has 1 aromatic heterocycles. The van der Waals surface area contributed by atoms with Crippen molar-refractivity contribution >= 4 is 16.6 Å². The fourth-order valence-corrected chi connectivity index (χ4v) is 1.60. The molecule has 84 valence electrons. The number of rotatable bonds is 3. The van der Waals surface area contributed by atoms with E-state index in [2.05, 4.69) is 15.7 Å². The second kappa shape index (κ2) is 4.17. The monoisotopic (exact) mass is 225 g/mol. The van der Waals surface area contributed by atoms with Crippen molar-refractivity contribution < 1.29 is 4.84 Å². The standard InChI is InChI=1S/C13H11N3O/c1-2-4-11(5-3-1)16-17-12-7-6-10-9-14-15-13(10)8-12/h1-9,16H,(H,14,15). The summed E-state index contributed by atoms with van der Waals surface area (Å²) in [4.78, 5) is 5.47. The lowest BCUT2D eigenvalue weighted by atomic mass is 10.2. The number of fused-ring (bicyclic) bond motifs is 1. The van der Waals surface area contributed by atoms with Crippen LogP contribution < -0.4 is 10.3 Å². The van der Waals surface area contributed by atoms with E-state index in [9.17, 15) is 0 Å². The molecule has 2 aromatic carbocycles. The van der Waals surface area contributed by atoms with E-state index >= 15 is 0 Å². The Hall–Kier alpha value is -2.49. The maximum Gasteiger partial charge on any atom is 0.157 e. The summed E-state index contributed by atoms with van der Waals surface area (Å²) in [5.74, 6) is 0.741. The predicted octanol–water partition coefficient (Wildman–Crippen LogP) is 2.97. The van der Waals surface area contributed by atoms with Gasteiger partial charge in [-0.05, 0) is 24.3 Å². The van der Waals surface area contributed by atoms with Gasteiger partial charge in [0.1, 0.15) is 0 Å². The number of nitrogens with one attached hydrogen (secondary N) is 2. The first-order valence-electron chi connectivity index (χ1n) is 5.33. The molecule has 4 nitrogen and oxygen atoms in total. The molecule has 0 spiro atoms. The zero-order valence-electron chi connectivity index (χ0n) is 9.05. The van der Waals surface area contributed by atoms with Crippen molar-refractivity contribution in [3.05, 3.63) is 54.7 Å². The van der Waals surface area contributed by atoms with Crippen LogP contribution in [0.1, 0.15) is 0 Å². The van der Waals surface area contributed by atoms with Crippen molar-refractivity contribution in [3.63, 3.8) is 0 Å². The van der Waals surface area contributed by atoms with Crippen molar-refractivity contribution in [2.75, 3.05) is 5.48 Å². The van der Waals surface area contributed by atoms with Crippen molar-refractivity contribution in [1.29, 1.82) is 0 Å². The van der Waals surface area contributed by atoms with Gasteiger partial charge in [-0.3, -0.25) is 5.10 Å². The summed E-state index contributed by atoms with van der Waals surface area (Å²) in [6.45, 7) is 0. The molecular weight excluding hydrogens is 214 g/mol. The van der Waals surface area contributed by atoms with E-state index in [1.54, 1.807) is 6.20 Å². The third-order valence-corrected chi connectivity index (χ3v) is 2.47. The Bertz CT molecular complexity index is 619. The molecule has 0 radical (unpaired) electrons. The topological polar surface area (TPSA) is 49.9 Å². The summed E-state index contributed by atoms with van der Waals surface area (Å²) >= 11 is 0. The number of hydrogen-bond acceptors (Lipinski definition) is 3. The molecule has 0 atom stereocenters. The molecule has 4 heteroatoms. The van der Waals surface area contributed by atoms with Crippen LogP contribution in [0.25, 0.3) is 10.9 Å². The summed E-state index contributed by atoms with van der Waals surface area (Å²) in [7, 11) is 0. The van der Waals surface area contributed by atoms with Gasteiger partial charge in [-0.25, -0.2) is 5.48 Å². The molecule has 0 aliphatic carbocycles. The second-order valence-corrected chi connectivity index (χ2v) is 3.69. The minimum Gasteiger partial charge on any atom is -0.382 e. The van der Waals surface area contributed by atoms with Gasteiger partial charge in [0, 0.05) is 11.5 Å². The third-order valence-electron chi connectivity index (χ3n) is 2.47. The maximum absolute atomic E-state index is 5.47. The summed E-state index contributed by atoms with van der Waals surface area (Å²) < 4.78 is 0. The van der Waals surface area contributed by atoms with Gasteiger partial charge in [0.05, 0.1) is 17.4 Å². The van der Waals surface area contributed by atoms with Gasteiger partial charge in [0.25, 0.3) is 0 Å². The molecule has 0 aliphatic heterocycles. The Balaban J connectivity index is 1.76. The highest BCUT2D eigenvalue weighted by atomic mass is 16.6. The zero-order chi connectivity index (χ0) is 11.5. The Kier molecular flexibility index (Phi) is 2.38. The van der Waals surface area contributed by atoms with E-state index in [1.807, 2.05) is 48.5 Å². The van der Waals surface area contributed by atoms with E-state index in [4.69, 9.17) is 4.84 Å². The molecule has 3 aromatic rings. The molecule has 3 rings (SSSR count). The molecule has 0 fully saturated rings.